The normalized spacial score (nSPS) is 17.4. The fraction of sp³-hybridized carbons (Fsp3) is 0.435. The van der Waals surface area contributed by atoms with E-state index >= 15 is 0 Å². The van der Waals surface area contributed by atoms with Gasteiger partial charge in [-0.1, -0.05) is 24.3 Å². The highest BCUT2D eigenvalue weighted by atomic mass is 32.2. The molecule has 1 unspecified atom stereocenters. The SMILES string of the molecule is Cc1ccc(S(=O)(=O)NC2CC2)cc1C(=O)NC(C)c1ccc2c(c1)CCCC2. The topological polar surface area (TPSA) is 75.3 Å². The lowest BCUT2D eigenvalue weighted by molar-refractivity contribution is 0.0939. The first kappa shape index (κ1) is 20.1. The van der Waals surface area contributed by atoms with Crippen molar-refractivity contribution in [1.29, 1.82) is 0 Å². The fourth-order valence-electron chi connectivity index (χ4n) is 3.88. The Morgan fingerprint density at radius 2 is 1.76 bits per heavy atom. The van der Waals surface area contributed by atoms with Crippen LogP contribution in [0.5, 0.6) is 0 Å². The Bertz CT molecular complexity index is 1040. The molecule has 0 radical (unpaired) electrons. The number of carbonyl (C=O) groups excluding carboxylic acids is 1. The van der Waals surface area contributed by atoms with Crippen LogP contribution in [0, 0.1) is 6.92 Å². The largest absolute Gasteiger partial charge is 0.346 e. The molecule has 1 saturated carbocycles. The van der Waals surface area contributed by atoms with Crippen molar-refractivity contribution in [3.8, 4) is 0 Å². The van der Waals surface area contributed by atoms with E-state index in [9.17, 15) is 13.2 Å². The molecule has 0 bridgehead atoms. The van der Waals surface area contributed by atoms with E-state index in [0.717, 1.165) is 36.8 Å². The maximum atomic E-state index is 12.9. The van der Waals surface area contributed by atoms with Gasteiger partial charge in [-0.25, -0.2) is 13.1 Å². The highest BCUT2D eigenvalue weighted by Gasteiger charge is 2.28. The van der Waals surface area contributed by atoms with Crippen LogP contribution in [0.4, 0.5) is 0 Å². The van der Waals surface area contributed by atoms with E-state index < -0.39 is 10.0 Å². The average Bonchev–Trinajstić information content (AvgIpc) is 3.51. The minimum atomic E-state index is -3.59. The van der Waals surface area contributed by atoms with E-state index in [2.05, 4.69) is 28.2 Å². The number of nitrogens with one attached hydrogen (secondary N) is 2. The van der Waals surface area contributed by atoms with E-state index in [0.29, 0.717) is 5.56 Å². The third-order valence-corrected chi connectivity index (χ3v) is 7.40. The van der Waals surface area contributed by atoms with Gasteiger partial charge in [0.1, 0.15) is 0 Å². The molecule has 154 valence electrons. The van der Waals surface area contributed by atoms with Gasteiger partial charge in [-0.05, 0) is 86.8 Å². The number of hydrogen-bond acceptors (Lipinski definition) is 3. The molecule has 1 amide bonds. The zero-order valence-electron chi connectivity index (χ0n) is 17.0. The number of hydrogen-bond donors (Lipinski definition) is 2. The summed E-state index contributed by atoms with van der Waals surface area (Å²) in [6.45, 7) is 3.79. The molecule has 1 fully saturated rings. The van der Waals surface area contributed by atoms with Gasteiger partial charge in [0.15, 0.2) is 0 Å². The van der Waals surface area contributed by atoms with Crippen LogP contribution in [-0.2, 0) is 22.9 Å². The van der Waals surface area contributed by atoms with Crippen molar-refractivity contribution < 1.29 is 13.2 Å². The van der Waals surface area contributed by atoms with Gasteiger partial charge in [-0.15, -0.1) is 0 Å². The first-order valence-electron chi connectivity index (χ1n) is 10.4. The lowest BCUT2D eigenvalue weighted by atomic mass is 9.89. The molecule has 2 aromatic carbocycles. The summed E-state index contributed by atoms with van der Waals surface area (Å²) in [5, 5.41) is 3.04. The Kier molecular flexibility index (Phi) is 5.49. The van der Waals surface area contributed by atoms with Gasteiger partial charge in [-0.2, -0.15) is 0 Å². The van der Waals surface area contributed by atoms with Gasteiger partial charge < -0.3 is 5.32 Å². The van der Waals surface area contributed by atoms with E-state index in [1.807, 2.05) is 13.8 Å². The highest BCUT2D eigenvalue weighted by molar-refractivity contribution is 7.89. The number of sulfonamides is 1. The van der Waals surface area contributed by atoms with Crippen LogP contribution in [0.15, 0.2) is 41.3 Å². The van der Waals surface area contributed by atoms with Crippen LogP contribution >= 0.6 is 0 Å². The second-order valence-electron chi connectivity index (χ2n) is 8.30. The standard InChI is InChI=1S/C23H28N2O3S/c1-15-7-12-21(29(27,28)25-20-10-11-20)14-22(15)23(26)24-16(2)18-9-8-17-5-3-4-6-19(17)13-18/h7-9,12-14,16,20,25H,3-6,10-11H2,1-2H3,(H,24,26). The quantitative estimate of drug-likeness (QED) is 0.758. The zero-order chi connectivity index (χ0) is 20.6. The molecule has 0 aromatic heterocycles. The van der Waals surface area contributed by atoms with Crippen LogP contribution < -0.4 is 10.0 Å². The third-order valence-electron chi connectivity index (χ3n) is 5.88. The van der Waals surface area contributed by atoms with Gasteiger partial charge >= 0.3 is 0 Å². The lowest BCUT2D eigenvalue weighted by Gasteiger charge is -2.20. The van der Waals surface area contributed by atoms with Crippen LogP contribution in [0.3, 0.4) is 0 Å². The highest BCUT2D eigenvalue weighted by Crippen LogP contribution is 2.26. The summed E-state index contributed by atoms with van der Waals surface area (Å²) in [6.07, 6.45) is 6.43. The Balaban J connectivity index is 1.52. The Morgan fingerprint density at radius 3 is 2.48 bits per heavy atom. The number of fused-ring (bicyclic) bond motifs is 1. The van der Waals surface area contributed by atoms with Crippen LogP contribution in [-0.4, -0.2) is 20.4 Å². The lowest BCUT2D eigenvalue weighted by Crippen LogP contribution is -2.29. The van der Waals surface area contributed by atoms with Crippen LogP contribution in [0.25, 0.3) is 0 Å². The van der Waals surface area contributed by atoms with Crippen molar-refractivity contribution >= 4 is 15.9 Å². The Hall–Kier alpha value is -2.18. The second kappa shape index (κ2) is 7.92. The Labute approximate surface area is 173 Å². The fourth-order valence-corrected chi connectivity index (χ4v) is 5.21. The maximum Gasteiger partial charge on any atom is 0.252 e. The number of amides is 1. The summed E-state index contributed by atoms with van der Waals surface area (Å²) < 4.78 is 27.7. The van der Waals surface area contributed by atoms with Gasteiger partial charge in [-0.3, -0.25) is 4.79 Å². The molecule has 2 aromatic rings. The minimum Gasteiger partial charge on any atom is -0.346 e. The van der Waals surface area contributed by atoms with Crippen LogP contribution in [0.1, 0.15) is 71.3 Å². The first-order valence-corrected chi connectivity index (χ1v) is 11.9. The van der Waals surface area contributed by atoms with Crippen LogP contribution in [0.2, 0.25) is 0 Å². The van der Waals surface area contributed by atoms with E-state index in [1.54, 1.807) is 12.1 Å². The van der Waals surface area contributed by atoms with E-state index in [-0.39, 0.29) is 22.9 Å². The molecule has 5 nitrogen and oxygen atoms in total. The number of aryl methyl sites for hydroxylation is 3. The van der Waals surface area contributed by atoms with Crippen molar-refractivity contribution in [2.24, 2.45) is 0 Å². The predicted molar refractivity (Wildman–Crippen MR) is 113 cm³/mol. The van der Waals surface area contributed by atoms with E-state index in [1.165, 1.54) is 30.0 Å². The smallest absolute Gasteiger partial charge is 0.252 e. The van der Waals surface area contributed by atoms with Crippen molar-refractivity contribution in [3.63, 3.8) is 0 Å². The summed E-state index contributed by atoms with van der Waals surface area (Å²) in [6, 6.07) is 11.1. The summed E-state index contributed by atoms with van der Waals surface area (Å²) in [5.41, 5.74) is 5.02. The molecule has 29 heavy (non-hydrogen) atoms. The first-order chi connectivity index (χ1) is 13.8. The molecule has 2 aliphatic carbocycles. The molecule has 1 atom stereocenters. The van der Waals surface area contributed by atoms with Crippen molar-refractivity contribution in [3.05, 3.63) is 64.2 Å². The monoisotopic (exact) mass is 412 g/mol. The summed E-state index contributed by atoms with van der Waals surface area (Å²) in [7, 11) is -3.59. The summed E-state index contributed by atoms with van der Waals surface area (Å²) in [5.74, 6) is -0.254. The number of benzene rings is 2. The molecule has 0 spiro atoms. The van der Waals surface area contributed by atoms with Gasteiger partial charge in [0.25, 0.3) is 5.91 Å². The van der Waals surface area contributed by atoms with E-state index in [4.69, 9.17) is 0 Å². The van der Waals surface area contributed by atoms with Crippen molar-refractivity contribution in [2.75, 3.05) is 0 Å². The molecular formula is C23H28N2O3S. The minimum absolute atomic E-state index is 0.0302. The number of rotatable bonds is 6. The van der Waals surface area contributed by atoms with Crippen molar-refractivity contribution in [1.82, 2.24) is 10.0 Å². The molecule has 0 aliphatic heterocycles. The Morgan fingerprint density at radius 1 is 1.03 bits per heavy atom. The maximum absolute atomic E-state index is 12.9. The average molecular weight is 413 g/mol. The van der Waals surface area contributed by atoms with Crippen molar-refractivity contribution in [2.45, 2.75) is 69.4 Å². The molecule has 6 heteroatoms. The molecule has 0 saturated heterocycles. The predicted octanol–water partition coefficient (Wildman–Crippen LogP) is 3.81. The summed E-state index contributed by atoms with van der Waals surface area (Å²) in [4.78, 5) is 13.1. The zero-order valence-corrected chi connectivity index (χ0v) is 17.8. The molecule has 2 aliphatic rings. The van der Waals surface area contributed by atoms with Gasteiger partial charge in [0, 0.05) is 11.6 Å². The second-order valence-corrected chi connectivity index (χ2v) is 10.0. The van der Waals surface area contributed by atoms with Gasteiger partial charge in [0.2, 0.25) is 10.0 Å². The molecule has 2 N–H and O–H groups in total. The molecule has 4 rings (SSSR count). The molecule has 0 heterocycles. The van der Waals surface area contributed by atoms with Gasteiger partial charge in [0.05, 0.1) is 10.9 Å². The molecular weight excluding hydrogens is 384 g/mol. The third kappa shape index (κ3) is 4.54. The summed E-state index contributed by atoms with van der Waals surface area (Å²) >= 11 is 0. The number of carbonyl (C=O) groups is 1.